The third kappa shape index (κ3) is 5.33. The Hall–Kier alpha value is -2.99. The molecule has 0 radical (unpaired) electrons. The summed E-state index contributed by atoms with van der Waals surface area (Å²) >= 11 is 0. The van der Waals surface area contributed by atoms with Crippen LogP contribution in [0.4, 0.5) is 4.39 Å². The molecule has 2 aromatic rings. The number of amides is 2. The van der Waals surface area contributed by atoms with E-state index in [1.54, 1.807) is 12.1 Å². The van der Waals surface area contributed by atoms with Gasteiger partial charge in [0, 0.05) is 39.3 Å². The fourth-order valence-corrected chi connectivity index (χ4v) is 4.60. The molecule has 0 bridgehead atoms. The van der Waals surface area contributed by atoms with Crippen LogP contribution in [-0.4, -0.2) is 59.2 Å². The maximum atomic E-state index is 13.5. The largest absolute Gasteiger partial charge is 0.364 e. The van der Waals surface area contributed by atoms with E-state index in [0.29, 0.717) is 36.5 Å². The molecular formula is C27H32FN3O2. The van der Waals surface area contributed by atoms with Crippen molar-refractivity contribution in [3.05, 3.63) is 77.2 Å². The van der Waals surface area contributed by atoms with Crippen molar-refractivity contribution in [2.24, 2.45) is 0 Å². The van der Waals surface area contributed by atoms with Gasteiger partial charge in [-0.3, -0.25) is 19.4 Å². The molecule has 2 aromatic carbocycles. The molecule has 2 aliphatic rings. The third-order valence-electron chi connectivity index (χ3n) is 6.45. The third-order valence-corrected chi connectivity index (χ3v) is 6.45. The molecule has 33 heavy (non-hydrogen) atoms. The predicted molar refractivity (Wildman–Crippen MR) is 127 cm³/mol. The molecule has 0 aromatic heterocycles. The number of nitrogens with zero attached hydrogens (tertiary/aromatic N) is 3. The molecule has 1 fully saturated rings. The molecule has 0 N–H and O–H groups in total. The summed E-state index contributed by atoms with van der Waals surface area (Å²) in [5, 5.41) is 0. The van der Waals surface area contributed by atoms with Crippen LogP contribution in [0.3, 0.4) is 0 Å². The summed E-state index contributed by atoms with van der Waals surface area (Å²) in [6.07, 6.45) is 3.98. The van der Waals surface area contributed by atoms with E-state index in [4.69, 9.17) is 0 Å². The highest BCUT2D eigenvalue weighted by Crippen LogP contribution is 2.32. The van der Waals surface area contributed by atoms with E-state index in [-0.39, 0.29) is 17.6 Å². The molecular weight excluding hydrogens is 417 g/mol. The van der Waals surface area contributed by atoms with Crippen molar-refractivity contribution in [3.8, 4) is 0 Å². The summed E-state index contributed by atoms with van der Waals surface area (Å²) in [4.78, 5) is 32.6. The zero-order chi connectivity index (χ0) is 23.2. The standard InChI is InChI=1S/C27H32FN3O2/c1-2-3-4-8-15-31-26(32)24(22-11-13-23(28)14-12-22)25(27(31)33)30-18-16-29(17-19-30)20-21-9-6-5-7-10-21/h5-7,9-14H,2-4,8,15-20H2,1H3. The molecule has 6 heteroatoms. The first kappa shape index (κ1) is 23.2. The zero-order valence-corrected chi connectivity index (χ0v) is 19.3. The SMILES string of the molecule is CCCCCCN1C(=O)C(c2ccc(F)cc2)=C(N2CCN(Cc3ccccc3)CC2)C1=O. The molecule has 0 atom stereocenters. The second-order valence-electron chi connectivity index (χ2n) is 8.80. The lowest BCUT2D eigenvalue weighted by molar-refractivity contribution is -0.137. The first-order valence-electron chi connectivity index (χ1n) is 12.0. The fraction of sp³-hybridized carbons (Fsp3) is 0.407. The predicted octanol–water partition coefficient (Wildman–Crippen LogP) is 4.30. The number of unbranched alkanes of at least 4 members (excludes halogenated alkanes) is 3. The minimum absolute atomic E-state index is 0.215. The number of carbonyl (C=O) groups excluding carboxylic acids is 2. The van der Waals surface area contributed by atoms with Crippen molar-refractivity contribution >= 4 is 17.4 Å². The highest BCUT2D eigenvalue weighted by Gasteiger charge is 2.41. The Morgan fingerprint density at radius 2 is 1.52 bits per heavy atom. The van der Waals surface area contributed by atoms with Crippen LogP contribution in [0.2, 0.25) is 0 Å². The van der Waals surface area contributed by atoms with E-state index in [1.165, 1.54) is 22.6 Å². The van der Waals surface area contributed by atoms with E-state index in [0.717, 1.165) is 45.3 Å². The van der Waals surface area contributed by atoms with Crippen LogP contribution in [0.25, 0.3) is 5.57 Å². The highest BCUT2D eigenvalue weighted by atomic mass is 19.1. The van der Waals surface area contributed by atoms with Gasteiger partial charge < -0.3 is 4.90 Å². The van der Waals surface area contributed by atoms with E-state index < -0.39 is 0 Å². The number of hydrogen-bond donors (Lipinski definition) is 0. The first-order valence-corrected chi connectivity index (χ1v) is 12.0. The Balaban J connectivity index is 1.52. The summed E-state index contributed by atoms with van der Waals surface area (Å²) in [6, 6.07) is 16.2. The number of halogens is 1. The average molecular weight is 450 g/mol. The molecule has 0 unspecified atom stereocenters. The van der Waals surface area contributed by atoms with Gasteiger partial charge in [0.2, 0.25) is 0 Å². The van der Waals surface area contributed by atoms with Crippen molar-refractivity contribution in [3.63, 3.8) is 0 Å². The molecule has 174 valence electrons. The lowest BCUT2D eigenvalue weighted by atomic mass is 10.0. The second-order valence-corrected chi connectivity index (χ2v) is 8.80. The number of piperazine rings is 1. The summed E-state index contributed by atoms with van der Waals surface area (Å²) in [5.41, 5.74) is 2.75. The van der Waals surface area contributed by atoms with Crippen molar-refractivity contribution in [1.29, 1.82) is 0 Å². The average Bonchev–Trinajstić information content (AvgIpc) is 3.08. The first-order chi connectivity index (χ1) is 16.1. The molecule has 5 nitrogen and oxygen atoms in total. The summed E-state index contributed by atoms with van der Waals surface area (Å²) in [5.74, 6) is -0.833. The van der Waals surface area contributed by atoms with Crippen molar-refractivity contribution < 1.29 is 14.0 Å². The van der Waals surface area contributed by atoms with Crippen molar-refractivity contribution in [1.82, 2.24) is 14.7 Å². The van der Waals surface area contributed by atoms with Gasteiger partial charge in [0.25, 0.3) is 11.8 Å². The van der Waals surface area contributed by atoms with Crippen LogP contribution < -0.4 is 0 Å². The Kier molecular flexibility index (Phi) is 7.55. The molecule has 2 amide bonds. The number of carbonyl (C=O) groups is 2. The second kappa shape index (κ2) is 10.8. The quantitative estimate of drug-likeness (QED) is 0.423. The fourth-order valence-electron chi connectivity index (χ4n) is 4.60. The number of benzene rings is 2. The topological polar surface area (TPSA) is 43.9 Å². The van der Waals surface area contributed by atoms with Gasteiger partial charge in [0.15, 0.2) is 0 Å². The van der Waals surface area contributed by atoms with Gasteiger partial charge in [-0.1, -0.05) is 68.7 Å². The molecule has 0 spiro atoms. The minimum Gasteiger partial charge on any atom is -0.364 e. The van der Waals surface area contributed by atoms with Gasteiger partial charge in [-0.05, 0) is 29.7 Å². The molecule has 0 aliphatic carbocycles. The van der Waals surface area contributed by atoms with Gasteiger partial charge in [0.1, 0.15) is 11.5 Å². The van der Waals surface area contributed by atoms with Gasteiger partial charge in [-0.25, -0.2) is 4.39 Å². The summed E-state index contributed by atoms with van der Waals surface area (Å²) < 4.78 is 13.5. The summed E-state index contributed by atoms with van der Waals surface area (Å²) in [6.45, 7) is 6.41. The smallest absolute Gasteiger partial charge is 0.277 e. The van der Waals surface area contributed by atoms with E-state index in [9.17, 15) is 14.0 Å². The lowest BCUT2D eigenvalue weighted by Gasteiger charge is -2.36. The van der Waals surface area contributed by atoms with Crippen molar-refractivity contribution in [2.45, 2.75) is 39.2 Å². The maximum absolute atomic E-state index is 13.5. The number of rotatable bonds is 9. The molecule has 0 saturated carbocycles. The Bertz CT molecular complexity index is 996. The Morgan fingerprint density at radius 1 is 0.818 bits per heavy atom. The Morgan fingerprint density at radius 3 is 2.18 bits per heavy atom. The van der Waals surface area contributed by atoms with Crippen LogP contribution >= 0.6 is 0 Å². The molecule has 2 heterocycles. The van der Waals surface area contributed by atoms with Crippen molar-refractivity contribution in [2.75, 3.05) is 32.7 Å². The van der Waals surface area contributed by atoms with E-state index >= 15 is 0 Å². The number of hydrogen-bond acceptors (Lipinski definition) is 4. The zero-order valence-electron chi connectivity index (χ0n) is 19.3. The van der Waals surface area contributed by atoms with Gasteiger partial charge in [0.05, 0.1) is 5.57 Å². The lowest BCUT2D eigenvalue weighted by Crippen LogP contribution is -2.47. The van der Waals surface area contributed by atoms with E-state index in [2.05, 4.69) is 24.0 Å². The number of imide groups is 1. The van der Waals surface area contributed by atoms with E-state index in [1.807, 2.05) is 23.1 Å². The summed E-state index contributed by atoms with van der Waals surface area (Å²) in [7, 11) is 0. The monoisotopic (exact) mass is 449 g/mol. The van der Waals surface area contributed by atoms with Crippen LogP contribution in [0.5, 0.6) is 0 Å². The molecule has 1 saturated heterocycles. The maximum Gasteiger partial charge on any atom is 0.277 e. The van der Waals surface area contributed by atoms with Crippen LogP contribution in [0.1, 0.15) is 43.7 Å². The van der Waals surface area contributed by atoms with Crippen LogP contribution in [0.15, 0.2) is 60.3 Å². The van der Waals surface area contributed by atoms with Gasteiger partial charge in [-0.15, -0.1) is 0 Å². The van der Waals surface area contributed by atoms with Crippen LogP contribution in [0, 0.1) is 5.82 Å². The highest BCUT2D eigenvalue weighted by molar-refractivity contribution is 6.35. The van der Waals surface area contributed by atoms with Gasteiger partial charge in [-0.2, -0.15) is 0 Å². The van der Waals surface area contributed by atoms with Crippen LogP contribution in [-0.2, 0) is 16.1 Å². The molecule has 4 rings (SSSR count). The Labute approximate surface area is 195 Å². The van der Waals surface area contributed by atoms with Gasteiger partial charge >= 0.3 is 0 Å². The molecule has 2 aliphatic heterocycles. The normalized spacial score (nSPS) is 17.4. The minimum atomic E-state index is -0.358.